The highest BCUT2D eigenvalue weighted by Gasteiger charge is 2.26. The van der Waals surface area contributed by atoms with Crippen LogP contribution in [0.1, 0.15) is 18.5 Å². The summed E-state index contributed by atoms with van der Waals surface area (Å²) in [5.74, 6) is 0.0846. The second-order valence-corrected chi connectivity index (χ2v) is 6.97. The smallest absolute Gasteiger partial charge is 0.240 e. The first-order chi connectivity index (χ1) is 11.6. The number of anilines is 1. The van der Waals surface area contributed by atoms with Crippen LogP contribution in [0.5, 0.6) is 0 Å². The number of rotatable bonds is 4. The fraction of sp³-hybridized carbons (Fsp3) is 0.222. The highest BCUT2D eigenvalue weighted by Crippen LogP contribution is 2.34. The number of amides is 2. The Hall–Kier alpha value is -1.98. The largest absolute Gasteiger partial charge is 0.348 e. The molecule has 3 rings (SSSR count). The number of carbonyl (C=O) groups is 2. The van der Waals surface area contributed by atoms with E-state index in [2.05, 4.69) is 5.32 Å². The summed E-state index contributed by atoms with van der Waals surface area (Å²) in [6.07, 6.45) is 0. The number of nitrogens with one attached hydrogen (secondary N) is 1. The van der Waals surface area contributed by atoms with E-state index in [1.165, 1.54) is 11.8 Å². The van der Waals surface area contributed by atoms with Gasteiger partial charge in [-0.3, -0.25) is 9.59 Å². The van der Waals surface area contributed by atoms with Crippen molar-refractivity contribution in [3.05, 3.63) is 59.1 Å². The second kappa shape index (κ2) is 7.28. The number of para-hydroxylation sites is 1. The van der Waals surface area contributed by atoms with Crippen molar-refractivity contribution in [3.63, 3.8) is 0 Å². The average molecular weight is 361 g/mol. The number of hydrogen-bond donors (Lipinski definition) is 1. The third-order valence-corrected chi connectivity index (χ3v) is 5.25. The zero-order chi connectivity index (χ0) is 17.1. The van der Waals surface area contributed by atoms with Gasteiger partial charge in [0, 0.05) is 9.92 Å². The Bertz CT molecular complexity index is 781. The topological polar surface area (TPSA) is 49.4 Å². The molecule has 1 atom stereocenters. The first kappa shape index (κ1) is 16.9. The summed E-state index contributed by atoms with van der Waals surface area (Å²) in [6, 6.07) is 14.8. The van der Waals surface area contributed by atoms with Gasteiger partial charge in [0.1, 0.15) is 6.54 Å². The molecular formula is C18H17ClN2O2S. The maximum absolute atomic E-state index is 12.4. The molecule has 0 radical (unpaired) electrons. The van der Waals surface area contributed by atoms with E-state index in [-0.39, 0.29) is 24.4 Å². The Kier molecular flexibility index (Phi) is 5.11. The van der Waals surface area contributed by atoms with E-state index in [0.29, 0.717) is 10.8 Å². The molecule has 0 saturated carbocycles. The highest BCUT2D eigenvalue weighted by atomic mass is 35.5. The molecule has 1 heterocycles. The molecule has 4 nitrogen and oxygen atoms in total. The van der Waals surface area contributed by atoms with Gasteiger partial charge in [0.2, 0.25) is 11.8 Å². The number of carbonyl (C=O) groups excluding carboxylic acids is 2. The van der Waals surface area contributed by atoms with E-state index in [1.54, 1.807) is 11.0 Å². The van der Waals surface area contributed by atoms with Crippen molar-refractivity contribution in [2.24, 2.45) is 0 Å². The SMILES string of the molecule is C[C@@H](NC(=O)CN1C(=O)CSc2ccccc21)c1ccccc1Cl. The minimum atomic E-state index is -0.226. The number of benzene rings is 2. The molecule has 24 heavy (non-hydrogen) atoms. The van der Waals surface area contributed by atoms with Gasteiger partial charge in [0.25, 0.3) is 0 Å². The number of thioether (sulfide) groups is 1. The first-order valence-corrected chi connectivity index (χ1v) is 8.98. The normalized spacial score (nSPS) is 14.9. The van der Waals surface area contributed by atoms with Gasteiger partial charge in [-0.25, -0.2) is 0 Å². The van der Waals surface area contributed by atoms with Crippen LogP contribution < -0.4 is 10.2 Å². The number of hydrogen-bond acceptors (Lipinski definition) is 3. The molecule has 2 amide bonds. The summed E-state index contributed by atoms with van der Waals surface area (Å²) in [6.45, 7) is 1.88. The van der Waals surface area contributed by atoms with E-state index in [0.717, 1.165) is 16.1 Å². The predicted octanol–water partition coefficient (Wildman–Crippen LogP) is 3.66. The number of halogens is 1. The zero-order valence-corrected chi connectivity index (χ0v) is 14.7. The maximum Gasteiger partial charge on any atom is 0.240 e. The van der Waals surface area contributed by atoms with E-state index in [1.807, 2.05) is 49.4 Å². The predicted molar refractivity (Wildman–Crippen MR) is 97.5 cm³/mol. The second-order valence-electron chi connectivity index (χ2n) is 5.55. The maximum atomic E-state index is 12.4. The lowest BCUT2D eigenvalue weighted by Gasteiger charge is -2.29. The summed E-state index contributed by atoms with van der Waals surface area (Å²) in [7, 11) is 0. The third kappa shape index (κ3) is 3.57. The molecule has 124 valence electrons. The first-order valence-electron chi connectivity index (χ1n) is 7.62. The Morgan fingerprint density at radius 3 is 2.75 bits per heavy atom. The van der Waals surface area contributed by atoms with E-state index in [4.69, 9.17) is 11.6 Å². The molecule has 0 unspecified atom stereocenters. The third-order valence-electron chi connectivity index (χ3n) is 3.86. The van der Waals surface area contributed by atoms with Gasteiger partial charge in [-0.2, -0.15) is 0 Å². The van der Waals surface area contributed by atoms with Gasteiger partial charge in [-0.05, 0) is 30.7 Å². The molecule has 2 aromatic carbocycles. The molecule has 0 fully saturated rings. The van der Waals surface area contributed by atoms with Gasteiger partial charge in [-0.1, -0.05) is 41.9 Å². The molecule has 1 aliphatic heterocycles. The minimum Gasteiger partial charge on any atom is -0.348 e. The quantitative estimate of drug-likeness (QED) is 0.905. The molecule has 0 aliphatic carbocycles. The molecule has 0 bridgehead atoms. The van der Waals surface area contributed by atoms with E-state index < -0.39 is 0 Å². The van der Waals surface area contributed by atoms with Crippen molar-refractivity contribution < 1.29 is 9.59 Å². The minimum absolute atomic E-state index is 0.00516. The molecule has 0 spiro atoms. The van der Waals surface area contributed by atoms with Crippen LogP contribution in [0.3, 0.4) is 0 Å². The molecule has 0 saturated heterocycles. The summed E-state index contributed by atoms with van der Waals surface area (Å²) >= 11 is 7.67. The fourth-order valence-corrected chi connectivity index (χ4v) is 3.90. The lowest BCUT2D eigenvalue weighted by atomic mass is 10.1. The average Bonchev–Trinajstić information content (AvgIpc) is 2.58. The van der Waals surface area contributed by atoms with Crippen LogP contribution in [0.2, 0.25) is 5.02 Å². The molecular weight excluding hydrogens is 344 g/mol. The molecule has 2 aromatic rings. The van der Waals surface area contributed by atoms with Crippen LogP contribution in [-0.4, -0.2) is 24.1 Å². The number of fused-ring (bicyclic) bond motifs is 1. The van der Waals surface area contributed by atoms with Crippen LogP contribution in [-0.2, 0) is 9.59 Å². The van der Waals surface area contributed by atoms with Crippen molar-refractivity contribution in [1.29, 1.82) is 0 Å². The molecule has 1 N–H and O–H groups in total. The van der Waals surface area contributed by atoms with Gasteiger partial charge in [0.15, 0.2) is 0 Å². The van der Waals surface area contributed by atoms with E-state index >= 15 is 0 Å². The summed E-state index contributed by atoms with van der Waals surface area (Å²) in [5.41, 5.74) is 1.65. The Balaban J connectivity index is 1.71. The zero-order valence-electron chi connectivity index (χ0n) is 13.2. The van der Waals surface area contributed by atoms with Crippen molar-refractivity contribution in [3.8, 4) is 0 Å². The van der Waals surface area contributed by atoms with Gasteiger partial charge >= 0.3 is 0 Å². The molecule has 6 heteroatoms. The fourth-order valence-electron chi connectivity index (χ4n) is 2.66. The summed E-state index contributed by atoms with van der Waals surface area (Å²) < 4.78 is 0. The summed E-state index contributed by atoms with van der Waals surface area (Å²) in [5, 5.41) is 3.52. The highest BCUT2D eigenvalue weighted by molar-refractivity contribution is 8.00. The van der Waals surface area contributed by atoms with Crippen LogP contribution in [0, 0.1) is 0 Å². The Morgan fingerprint density at radius 2 is 1.96 bits per heavy atom. The number of nitrogens with zero attached hydrogens (tertiary/aromatic N) is 1. The van der Waals surface area contributed by atoms with Crippen molar-refractivity contribution in [2.45, 2.75) is 17.9 Å². The van der Waals surface area contributed by atoms with Crippen LogP contribution in [0.4, 0.5) is 5.69 Å². The van der Waals surface area contributed by atoms with Gasteiger partial charge in [0.05, 0.1) is 17.5 Å². The summed E-state index contributed by atoms with van der Waals surface area (Å²) in [4.78, 5) is 27.2. The van der Waals surface area contributed by atoms with Crippen LogP contribution >= 0.6 is 23.4 Å². The Morgan fingerprint density at radius 1 is 1.25 bits per heavy atom. The monoisotopic (exact) mass is 360 g/mol. The lowest BCUT2D eigenvalue weighted by molar-refractivity contribution is -0.123. The van der Waals surface area contributed by atoms with Gasteiger partial charge < -0.3 is 10.2 Å². The van der Waals surface area contributed by atoms with Crippen LogP contribution in [0.25, 0.3) is 0 Å². The van der Waals surface area contributed by atoms with Crippen molar-refractivity contribution in [2.75, 3.05) is 17.2 Å². The van der Waals surface area contributed by atoms with Gasteiger partial charge in [-0.15, -0.1) is 11.8 Å². The van der Waals surface area contributed by atoms with Crippen LogP contribution in [0.15, 0.2) is 53.4 Å². The lowest BCUT2D eigenvalue weighted by Crippen LogP contribution is -2.43. The van der Waals surface area contributed by atoms with Crippen molar-refractivity contribution in [1.82, 2.24) is 5.32 Å². The van der Waals surface area contributed by atoms with Crippen molar-refractivity contribution >= 4 is 40.9 Å². The standard InChI is InChI=1S/C18H17ClN2O2S/c1-12(13-6-2-3-7-14(13)19)20-17(22)10-21-15-8-4-5-9-16(15)24-11-18(21)23/h2-9,12H,10-11H2,1H3,(H,20,22)/t12-/m1/s1. The Labute approximate surface area is 150 Å². The molecule has 1 aliphatic rings. The molecule has 0 aromatic heterocycles. The van der Waals surface area contributed by atoms with E-state index in [9.17, 15) is 9.59 Å².